The third kappa shape index (κ3) is 6.95. The topological polar surface area (TPSA) is 55.1 Å². The Kier molecular flexibility index (Phi) is 5.43. The summed E-state index contributed by atoms with van der Waals surface area (Å²) in [5, 5.41) is 3.17. The van der Waals surface area contributed by atoms with Crippen molar-refractivity contribution in [3.05, 3.63) is 0 Å². The SMILES string of the molecule is CC(C)(C)CC(N)CC(=O)NC1CCCC(C)(C)C1. The molecular weight excluding hydrogens is 236 g/mol. The fourth-order valence-electron chi connectivity index (χ4n) is 3.20. The van der Waals surface area contributed by atoms with Crippen LogP contribution in [0.1, 0.15) is 73.1 Å². The van der Waals surface area contributed by atoms with Crippen LogP contribution >= 0.6 is 0 Å². The van der Waals surface area contributed by atoms with E-state index in [9.17, 15) is 4.79 Å². The van der Waals surface area contributed by atoms with E-state index in [0.717, 1.165) is 19.3 Å². The molecule has 1 aliphatic rings. The van der Waals surface area contributed by atoms with E-state index in [0.29, 0.717) is 17.9 Å². The van der Waals surface area contributed by atoms with Crippen molar-refractivity contribution >= 4 is 5.91 Å². The second-order valence-corrected chi connectivity index (χ2v) is 8.25. The van der Waals surface area contributed by atoms with Gasteiger partial charge >= 0.3 is 0 Å². The van der Waals surface area contributed by atoms with Gasteiger partial charge in [-0.05, 0) is 36.5 Å². The summed E-state index contributed by atoms with van der Waals surface area (Å²) in [6.07, 6.45) is 6.02. The molecule has 2 unspecified atom stereocenters. The van der Waals surface area contributed by atoms with Gasteiger partial charge in [0, 0.05) is 18.5 Å². The Morgan fingerprint density at radius 1 is 1.42 bits per heavy atom. The van der Waals surface area contributed by atoms with E-state index < -0.39 is 0 Å². The number of nitrogens with one attached hydrogen (secondary N) is 1. The number of carbonyl (C=O) groups excluding carboxylic acids is 1. The molecule has 0 aromatic carbocycles. The molecule has 2 atom stereocenters. The van der Waals surface area contributed by atoms with Crippen LogP contribution in [0.5, 0.6) is 0 Å². The largest absolute Gasteiger partial charge is 0.353 e. The van der Waals surface area contributed by atoms with Crippen LogP contribution in [0.15, 0.2) is 0 Å². The van der Waals surface area contributed by atoms with Crippen molar-refractivity contribution in [2.24, 2.45) is 16.6 Å². The van der Waals surface area contributed by atoms with Crippen LogP contribution in [0.4, 0.5) is 0 Å². The van der Waals surface area contributed by atoms with Crippen molar-refractivity contribution in [3.63, 3.8) is 0 Å². The lowest BCUT2D eigenvalue weighted by molar-refractivity contribution is -0.122. The molecule has 3 N–H and O–H groups in total. The van der Waals surface area contributed by atoms with Gasteiger partial charge in [-0.25, -0.2) is 0 Å². The molecule has 0 aliphatic heterocycles. The first-order chi connectivity index (χ1) is 8.57. The second kappa shape index (κ2) is 6.25. The third-order valence-corrected chi connectivity index (χ3v) is 3.89. The van der Waals surface area contributed by atoms with Crippen molar-refractivity contribution in [2.75, 3.05) is 0 Å². The lowest BCUT2D eigenvalue weighted by Gasteiger charge is -2.35. The van der Waals surface area contributed by atoms with E-state index in [1.54, 1.807) is 0 Å². The number of hydrogen-bond donors (Lipinski definition) is 2. The summed E-state index contributed by atoms with van der Waals surface area (Å²) in [6, 6.07) is 0.315. The standard InChI is InChI=1S/C16H32N2O/c1-15(2,3)10-12(17)9-14(19)18-13-7-6-8-16(4,5)11-13/h12-13H,6-11,17H2,1-5H3,(H,18,19). The Balaban J connectivity index is 2.35. The molecule has 1 amide bonds. The van der Waals surface area contributed by atoms with Crippen LogP contribution < -0.4 is 11.1 Å². The van der Waals surface area contributed by atoms with Crippen molar-refractivity contribution in [3.8, 4) is 0 Å². The van der Waals surface area contributed by atoms with Gasteiger partial charge < -0.3 is 11.1 Å². The van der Waals surface area contributed by atoms with Crippen molar-refractivity contribution < 1.29 is 4.79 Å². The van der Waals surface area contributed by atoms with E-state index in [-0.39, 0.29) is 17.4 Å². The van der Waals surface area contributed by atoms with Crippen LogP contribution in [0, 0.1) is 10.8 Å². The molecule has 1 rings (SSSR count). The highest BCUT2D eigenvalue weighted by atomic mass is 16.1. The minimum Gasteiger partial charge on any atom is -0.353 e. The average Bonchev–Trinajstić information content (AvgIpc) is 2.11. The molecule has 0 heterocycles. The molecule has 0 saturated heterocycles. The first-order valence-electron chi connectivity index (χ1n) is 7.62. The summed E-state index contributed by atoms with van der Waals surface area (Å²) in [5.74, 6) is 0.124. The van der Waals surface area contributed by atoms with Crippen LogP contribution in [-0.2, 0) is 4.79 Å². The van der Waals surface area contributed by atoms with E-state index >= 15 is 0 Å². The van der Waals surface area contributed by atoms with Crippen LogP contribution in [0.3, 0.4) is 0 Å². The highest BCUT2D eigenvalue weighted by Gasteiger charge is 2.29. The second-order valence-electron chi connectivity index (χ2n) is 8.25. The van der Waals surface area contributed by atoms with Gasteiger partial charge in [0.25, 0.3) is 0 Å². The Morgan fingerprint density at radius 3 is 2.58 bits per heavy atom. The summed E-state index contributed by atoms with van der Waals surface area (Å²) in [4.78, 5) is 12.0. The Hall–Kier alpha value is -0.570. The predicted molar refractivity (Wildman–Crippen MR) is 80.8 cm³/mol. The van der Waals surface area contributed by atoms with Gasteiger partial charge in [-0.3, -0.25) is 4.79 Å². The first-order valence-corrected chi connectivity index (χ1v) is 7.62. The molecule has 0 radical (unpaired) electrons. The third-order valence-electron chi connectivity index (χ3n) is 3.89. The van der Waals surface area contributed by atoms with Gasteiger partial charge in [0.05, 0.1) is 0 Å². The van der Waals surface area contributed by atoms with E-state index in [1.165, 1.54) is 12.8 Å². The molecule has 19 heavy (non-hydrogen) atoms. The summed E-state index contributed by atoms with van der Waals surface area (Å²) < 4.78 is 0. The van der Waals surface area contributed by atoms with Gasteiger partial charge in [-0.2, -0.15) is 0 Å². The van der Waals surface area contributed by atoms with E-state index in [1.807, 2.05) is 0 Å². The number of nitrogens with two attached hydrogens (primary N) is 1. The number of amides is 1. The van der Waals surface area contributed by atoms with Gasteiger partial charge in [0.2, 0.25) is 5.91 Å². The molecule has 1 aliphatic carbocycles. The minimum atomic E-state index is -0.0309. The lowest BCUT2D eigenvalue weighted by atomic mass is 9.75. The van der Waals surface area contributed by atoms with E-state index in [4.69, 9.17) is 5.73 Å². The van der Waals surface area contributed by atoms with Crippen LogP contribution in [-0.4, -0.2) is 18.0 Å². The smallest absolute Gasteiger partial charge is 0.221 e. The molecule has 0 aromatic rings. The summed E-state index contributed by atoms with van der Waals surface area (Å²) in [6.45, 7) is 11.1. The Labute approximate surface area is 118 Å². The monoisotopic (exact) mass is 268 g/mol. The van der Waals surface area contributed by atoms with Gasteiger partial charge in [0.1, 0.15) is 0 Å². The maximum absolute atomic E-state index is 12.0. The zero-order valence-electron chi connectivity index (χ0n) is 13.4. The highest BCUT2D eigenvalue weighted by molar-refractivity contribution is 5.76. The molecule has 0 bridgehead atoms. The number of carbonyl (C=O) groups is 1. The molecule has 3 heteroatoms. The molecule has 3 nitrogen and oxygen atoms in total. The zero-order valence-corrected chi connectivity index (χ0v) is 13.4. The minimum absolute atomic E-state index is 0.0309. The van der Waals surface area contributed by atoms with Crippen molar-refractivity contribution in [1.82, 2.24) is 5.32 Å². The quantitative estimate of drug-likeness (QED) is 0.822. The molecule has 0 spiro atoms. The maximum atomic E-state index is 12.0. The Morgan fingerprint density at radius 2 is 2.05 bits per heavy atom. The number of rotatable bonds is 4. The molecule has 112 valence electrons. The first kappa shape index (κ1) is 16.5. The summed E-state index contributed by atoms with van der Waals surface area (Å²) in [5.41, 5.74) is 6.61. The zero-order chi connectivity index (χ0) is 14.7. The number of hydrogen-bond acceptors (Lipinski definition) is 2. The van der Waals surface area contributed by atoms with Gasteiger partial charge in [-0.1, -0.05) is 41.0 Å². The van der Waals surface area contributed by atoms with Crippen molar-refractivity contribution in [2.45, 2.75) is 85.2 Å². The van der Waals surface area contributed by atoms with Gasteiger partial charge in [0.15, 0.2) is 0 Å². The molecule has 0 aromatic heterocycles. The van der Waals surface area contributed by atoms with Crippen molar-refractivity contribution in [1.29, 1.82) is 0 Å². The summed E-state index contributed by atoms with van der Waals surface area (Å²) >= 11 is 0. The maximum Gasteiger partial charge on any atom is 0.221 e. The molecule has 1 fully saturated rings. The average molecular weight is 268 g/mol. The Bertz CT molecular complexity index is 304. The molecular formula is C16H32N2O. The fourth-order valence-corrected chi connectivity index (χ4v) is 3.20. The predicted octanol–water partition coefficient (Wildman–Crippen LogP) is 3.23. The highest BCUT2D eigenvalue weighted by Crippen LogP contribution is 2.35. The lowest BCUT2D eigenvalue weighted by Crippen LogP contribution is -2.43. The normalized spacial score (nSPS) is 24.8. The molecule has 1 saturated carbocycles. The summed E-state index contributed by atoms with van der Waals surface area (Å²) in [7, 11) is 0. The van der Waals surface area contributed by atoms with Crippen LogP contribution in [0.2, 0.25) is 0 Å². The van der Waals surface area contributed by atoms with E-state index in [2.05, 4.69) is 39.9 Å². The van der Waals surface area contributed by atoms with Crippen LogP contribution in [0.25, 0.3) is 0 Å². The van der Waals surface area contributed by atoms with Gasteiger partial charge in [-0.15, -0.1) is 0 Å². The fraction of sp³-hybridized carbons (Fsp3) is 0.938.